The van der Waals surface area contributed by atoms with Gasteiger partial charge >= 0.3 is 0 Å². The van der Waals surface area contributed by atoms with Gasteiger partial charge < -0.3 is 5.32 Å². The van der Waals surface area contributed by atoms with Crippen molar-refractivity contribution in [3.05, 3.63) is 17.5 Å². The van der Waals surface area contributed by atoms with Crippen LogP contribution in [0.2, 0.25) is 0 Å². The number of rotatable bonds is 3. The Kier molecular flexibility index (Phi) is 3.61. The molecule has 1 aromatic heterocycles. The summed E-state index contributed by atoms with van der Waals surface area (Å²) in [5, 5.41) is 7.96. The van der Waals surface area contributed by atoms with Gasteiger partial charge in [-0.05, 0) is 13.3 Å². The zero-order valence-corrected chi connectivity index (χ0v) is 10.5. The van der Waals surface area contributed by atoms with Crippen molar-refractivity contribution in [3.63, 3.8) is 0 Å². The summed E-state index contributed by atoms with van der Waals surface area (Å²) in [6.07, 6.45) is 3.18. The molecule has 0 amide bonds. The molecule has 0 aromatic carbocycles. The molecule has 0 bridgehead atoms. The minimum Gasteiger partial charge on any atom is -0.312 e. The lowest BCUT2D eigenvalue weighted by Gasteiger charge is -2.31. The van der Waals surface area contributed by atoms with Crippen LogP contribution in [0.25, 0.3) is 0 Å². The third-order valence-electron chi connectivity index (χ3n) is 3.17. The Bertz CT molecular complexity index is 345. The first-order valence-electron chi connectivity index (χ1n) is 6.16. The Morgan fingerprint density at radius 3 is 3.06 bits per heavy atom. The second-order valence-electron chi connectivity index (χ2n) is 4.72. The SMILES string of the molecule is CCc1nn(C)cc1CN1CCN[C@H](C)C1. The van der Waals surface area contributed by atoms with Gasteiger partial charge in [-0.1, -0.05) is 6.92 Å². The zero-order chi connectivity index (χ0) is 11.5. The molecular formula is C12H22N4. The Morgan fingerprint density at radius 1 is 1.56 bits per heavy atom. The van der Waals surface area contributed by atoms with Gasteiger partial charge in [0.1, 0.15) is 0 Å². The maximum absolute atomic E-state index is 4.49. The zero-order valence-electron chi connectivity index (χ0n) is 10.5. The number of piperazine rings is 1. The first kappa shape index (κ1) is 11.6. The van der Waals surface area contributed by atoms with Crippen LogP contribution in [0.3, 0.4) is 0 Å². The highest BCUT2D eigenvalue weighted by Crippen LogP contribution is 2.12. The number of aryl methyl sites for hydroxylation is 2. The largest absolute Gasteiger partial charge is 0.312 e. The molecule has 0 radical (unpaired) electrons. The van der Waals surface area contributed by atoms with E-state index in [-0.39, 0.29) is 0 Å². The van der Waals surface area contributed by atoms with Gasteiger partial charge in [-0.25, -0.2) is 0 Å². The Morgan fingerprint density at radius 2 is 2.38 bits per heavy atom. The molecule has 16 heavy (non-hydrogen) atoms. The minimum atomic E-state index is 0.607. The smallest absolute Gasteiger partial charge is 0.0666 e. The first-order valence-corrected chi connectivity index (χ1v) is 6.16. The highest BCUT2D eigenvalue weighted by molar-refractivity contribution is 5.17. The Labute approximate surface area is 97.6 Å². The van der Waals surface area contributed by atoms with E-state index < -0.39 is 0 Å². The molecule has 2 rings (SSSR count). The molecule has 1 saturated heterocycles. The molecule has 1 fully saturated rings. The average Bonchev–Trinajstić information content (AvgIpc) is 2.59. The fraction of sp³-hybridized carbons (Fsp3) is 0.750. The van der Waals surface area contributed by atoms with Gasteiger partial charge in [-0.15, -0.1) is 0 Å². The van der Waals surface area contributed by atoms with Gasteiger partial charge in [-0.2, -0.15) is 5.10 Å². The minimum absolute atomic E-state index is 0.607. The maximum Gasteiger partial charge on any atom is 0.0666 e. The van der Waals surface area contributed by atoms with E-state index in [0.29, 0.717) is 6.04 Å². The van der Waals surface area contributed by atoms with Crippen LogP contribution in [0.1, 0.15) is 25.1 Å². The molecule has 2 heterocycles. The van der Waals surface area contributed by atoms with E-state index in [9.17, 15) is 0 Å². The van der Waals surface area contributed by atoms with Crippen LogP contribution in [0.4, 0.5) is 0 Å². The summed E-state index contributed by atoms with van der Waals surface area (Å²) in [4.78, 5) is 2.51. The molecule has 4 heteroatoms. The first-order chi connectivity index (χ1) is 7.69. The van der Waals surface area contributed by atoms with E-state index in [0.717, 1.165) is 32.6 Å². The average molecular weight is 222 g/mol. The van der Waals surface area contributed by atoms with Gasteiger partial charge in [0.05, 0.1) is 5.69 Å². The van der Waals surface area contributed by atoms with Crippen LogP contribution >= 0.6 is 0 Å². The van der Waals surface area contributed by atoms with Gasteiger partial charge in [0.25, 0.3) is 0 Å². The lowest BCUT2D eigenvalue weighted by Crippen LogP contribution is -2.48. The summed E-state index contributed by atoms with van der Waals surface area (Å²) in [5.41, 5.74) is 2.63. The summed E-state index contributed by atoms with van der Waals surface area (Å²) >= 11 is 0. The summed E-state index contributed by atoms with van der Waals surface area (Å²) in [6, 6.07) is 0.607. The van der Waals surface area contributed by atoms with E-state index in [2.05, 4.69) is 35.4 Å². The van der Waals surface area contributed by atoms with Crippen molar-refractivity contribution in [2.24, 2.45) is 7.05 Å². The van der Waals surface area contributed by atoms with Crippen molar-refractivity contribution in [1.82, 2.24) is 20.0 Å². The molecule has 1 atom stereocenters. The second kappa shape index (κ2) is 4.97. The molecule has 90 valence electrons. The number of aromatic nitrogens is 2. The van der Waals surface area contributed by atoms with Crippen molar-refractivity contribution in [2.75, 3.05) is 19.6 Å². The molecular weight excluding hydrogens is 200 g/mol. The number of nitrogens with zero attached hydrogens (tertiary/aromatic N) is 3. The Balaban J connectivity index is 2.02. The fourth-order valence-corrected chi connectivity index (χ4v) is 2.41. The number of hydrogen-bond donors (Lipinski definition) is 1. The van der Waals surface area contributed by atoms with Crippen molar-refractivity contribution in [1.29, 1.82) is 0 Å². The molecule has 4 nitrogen and oxygen atoms in total. The molecule has 0 aliphatic carbocycles. The summed E-state index contributed by atoms with van der Waals surface area (Å²) < 4.78 is 1.93. The fourth-order valence-electron chi connectivity index (χ4n) is 2.41. The second-order valence-corrected chi connectivity index (χ2v) is 4.72. The summed E-state index contributed by atoms with van der Waals surface area (Å²) in [6.45, 7) is 8.84. The molecule has 0 saturated carbocycles. The van der Waals surface area contributed by atoms with Crippen LogP contribution in [-0.4, -0.2) is 40.4 Å². The predicted octanol–water partition coefficient (Wildman–Crippen LogP) is 0.776. The van der Waals surface area contributed by atoms with Gasteiger partial charge in [0.15, 0.2) is 0 Å². The molecule has 0 unspecified atom stereocenters. The van der Waals surface area contributed by atoms with E-state index in [1.54, 1.807) is 0 Å². The molecule has 1 aliphatic rings. The van der Waals surface area contributed by atoms with Crippen LogP contribution in [-0.2, 0) is 20.0 Å². The van der Waals surface area contributed by atoms with E-state index in [1.807, 2.05) is 11.7 Å². The monoisotopic (exact) mass is 222 g/mol. The third kappa shape index (κ3) is 2.62. The van der Waals surface area contributed by atoms with E-state index in [1.165, 1.54) is 11.3 Å². The van der Waals surface area contributed by atoms with Crippen molar-refractivity contribution >= 4 is 0 Å². The molecule has 0 spiro atoms. The third-order valence-corrected chi connectivity index (χ3v) is 3.17. The topological polar surface area (TPSA) is 33.1 Å². The number of hydrogen-bond acceptors (Lipinski definition) is 3. The summed E-state index contributed by atoms with van der Waals surface area (Å²) in [5.74, 6) is 0. The highest BCUT2D eigenvalue weighted by Gasteiger charge is 2.17. The van der Waals surface area contributed by atoms with Crippen molar-refractivity contribution < 1.29 is 0 Å². The standard InChI is InChI=1S/C12H22N4/c1-4-12-11(8-15(3)14-12)9-16-6-5-13-10(2)7-16/h8,10,13H,4-7,9H2,1-3H3/t10-/m1/s1. The molecule has 1 aliphatic heterocycles. The predicted molar refractivity (Wildman–Crippen MR) is 65.3 cm³/mol. The van der Waals surface area contributed by atoms with Crippen LogP contribution in [0, 0.1) is 0 Å². The maximum atomic E-state index is 4.49. The highest BCUT2D eigenvalue weighted by atomic mass is 15.3. The summed E-state index contributed by atoms with van der Waals surface area (Å²) in [7, 11) is 2.00. The van der Waals surface area contributed by atoms with E-state index >= 15 is 0 Å². The van der Waals surface area contributed by atoms with Gasteiger partial charge in [0.2, 0.25) is 0 Å². The normalized spacial score (nSPS) is 22.6. The van der Waals surface area contributed by atoms with Crippen LogP contribution < -0.4 is 5.32 Å². The number of nitrogens with one attached hydrogen (secondary N) is 1. The molecule has 1 aromatic rings. The lowest BCUT2D eigenvalue weighted by atomic mass is 10.1. The lowest BCUT2D eigenvalue weighted by molar-refractivity contribution is 0.199. The van der Waals surface area contributed by atoms with E-state index in [4.69, 9.17) is 0 Å². The van der Waals surface area contributed by atoms with Gasteiger partial charge in [-0.3, -0.25) is 9.58 Å². The Hall–Kier alpha value is -0.870. The quantitative estimate of drug-likeness (QED) is 0.820. The van der Waals surface area contributed by atoms with Crippen LogP contribution in [0.15, 0.2) is 6.20 Å². The van der Waals surface area contributed by atoms with Crippen molar-refractivity contribution in [3.8, 4) is 0 Å². The van der Waals surface area contributed by atoms with Crippen LogP contribution in [0.5, 0.6) is 0 Å². The van der Waals surface area contributed by atoms with Crippen molar-refractivity contribution in [2.45, 2.75) is 32.9 Å². The van der Waals surface area contributed by atoms with Gasteiger partial charge in [0, 0.05) is 51.0 Å². The molecule has 1 N–H and O–H groups in total.